The number of carbonyl (C=O) groups excluding carboxylic acids is 2. The SMILES string of the molecule is COC(=O)c1ccc2nc(NC(=O)c3ccc4c(c3)CCCC4)sc2c1. The Morgan fingerprint density at radius 2 is 1.81 bits per heavy atom. The average molecular weight is 366 g/mol. The van der Waals surface area contributed by atoms with Crippen LogP contribution >= 0.6 is 11.3 Å². The number of aromatic nitrogens is 1. The molecular formula is C20H18N2O3S. The summed E-state index contributed by atoms with van der Waals surface area (Å²) < 4.78 is 5.56. The van der Waals surface area contributed by atoms with Crippen LogP contribution in [0.1, 0.15) is 44.7 Å². The maximum atomic E-state index is 12.6. The number of carbonyl (C=O) groups is 2. The number of ether oxygens (including phenoxy) is 1. The molecule has 0 unspecified atom stereocenters. The number of nitrogens with zero attached hydrogens (tertiary/aromatic N) is 1. The minimum absolute atomic E-state index is 0.161. The van der Waals surface area contributed by atoms with E-state index in [1.54, 1.807) is 18.2 Å². The van der Waals surface area contributed by atoms with E-state index in [9.17, 15) is 9.59 Å². The van der Waals surface area contributed by atoms with E-state index in [4.69, 9.17) is 4.74 Å². The van der Waals surface area contributed by atoms with Crippen molar-refractivity contribution >= 4 is 38.6 Å². The molecule has 4 rings (SSSR count). The molecule has 0 saturated heterocycles. The second-order valence-corrected chi connectivity index (χ2v) is 7.37. The molecule has 5 nitrogen and oxygen atoms in total. The van der Waals surface area contributed by atoms with E-state index >= 15 is 0 Å². The maximum Gasteiger partial charge on any atom is 0.337 e. The fraction of sp³-hybridized carbons (Fsp3) is 0.250. The molecule has 3 aromatic rings. The molecule has 1 N–H and O–H groups in total. The van der Waals surface area contributed by atoms with Gasteiger partial charge in [-0.2, -0.15) is 0 Å². The zero-order chi connectivity index (χ0) is 18.1. The van der Waals surface area contributed by atoms with Crippen molar-refractivity contribution < 1.29 is 14.3 Å². The number of fused-ring (bicyclic) bond motifs is 2. The number of rotatable bonds is 3. The zero-order valence-corrected chi connectivity index (χ0v) is 15.2. The number of hydrogen-bond acceptors (Lipinski definition) is 5. The quantitative estimate of drug-likeness (QED) is 0.705. The van der Waals surface area contributed by atoms with Crippen LogP contribution in [0.15, 0.2) is 36.4 Å². The van der Waals surface area contributed by atoms with Crippen LogP contribution in [0.2, 0.25) is 0 Å². The van der Waals surface area contributed by atoms with Crippen molar-refractivity contribution in [3.05, 3.63) is 58.7 Å². The van der Waals surface area contributed by atoms with Crippen LogP contribution in [0.4, 0.5) is 5.13 Å². The van der Waals surface area contributed by atoms with E-state index in [0.717, 1.165) is 23.1 Å². The van der Waals surface area contributed by atoms with Gasteiger partial charge in [0.1, 0.15) is 0 Å². The molecule has 1 aliphatic rings. The first-order chi connectivity index (χ1) is 12.6. The van der Waals surface area contributed by atoms with Gasteiger partial charge in [-0.25, -0.2) is 9.78 Å². The number of benzene rings is 2. The molecule has 132 valence electrons. The Balaban J connectivity index is 1.56. The molecule has 1 amide bonds. The van der Waals surface area contributed by atoms with Gasteiger partial charge in [0.05, 0.1) is 22.9 Å². The van der Waals surface area contributed by atoms with E-state index in [1.165, 1.54) is 42.4 Å². The summed E-state index contributed by atoms with van der Waals surface area (Å²) in [4.78, 5) is 28.6. The monoisotopic (exact) mass is 366 g/mol. The normalized spacial score (nSPS) is 13.3. The van der Waals surface area contributed by atoms with E-state index in [0.29, 0.717) is 16.3 Å². The second kappa shape index (κ2) is 6.88. The first kappa shape index (κ1) is 16.7. The van der Waals surface area contributed by atoms with Crippen molar-refractivity contribution in [1.82, 2.24) is 4.98 Å². The number of methoxy groups -OCH3 is 1. The second-order valence-electron chi connectivity index (χ2n) is 6.34. The fourth-order valence-corrected chi connectivity index (χ4v) is 4.17. The number of thiazole rings is 1. The predicted octanol–water partition coefficient (Wildman–Crippen LogP) is 4.21. The van der Waals surface area contributed by atoms with E-state index in [-0.39, 0.29) is 11.9 Å². The zero-order valence-electron chi connectivity index (χ0n) is 14.4. The standard InChI is InChI=1S/C20H18N2O3S/c1-25-19(24)15-8-9-16-17(11-15)26-20(21-16)22-18(23)14-7-6-12-4-2-3-5-13(12)10-14/h6-11H,2-5H2,1H3,(H,21,22,23). The van der Waals surface area contributed by atoms with Gasteiger partial charge in [-0.3, -0.25) is 10.1 Å². The van der Waals surface area contributed by atoms with Crippen molar-refractivity contribution in [3.8, 4) is 0 Å². The first-order valence-corrected chi connectivity index (χ1v) is 9.38. The van der Waals surface area contributed by atoms with Gasteiger partial charge in [0, 0.05) is 5.56 Å². The minimum atomic E-state index is -0.389. The topological polar surface area (TPSA) is 68.3 Å². The number of aryl methyl sites for hydroxylation is 2. The van der Waals surface area contributed by atoms with Crippen molar-refractivity contribution in [2.75, 3.05) is 12.4 Å². The smallest absolute Gasteiger partial charge is 0.337 e. The van der Waals surface area contributed by atoms with Gasteiger partial charge in [0.25, 0.3) is 5.91 Å². The molecular weight excluding hydrogens is 348 g/mol. The van der Waals surface area contributed by atoms with Crippen LogP contribution < -0.4 is 5.32 Å². The lowest BCUT2D eigenvalue weighted by Crippen LogP contribution is -2.13. The van der Waals surface area contributed by atoms with Gasteiger partial charge < -0.3 is 4.74 Å². The van der Waals surface area contributed by atoms with Gasteiger partial charge in [0.2, 0.25) is 0 Å². The number of nitrogens with one attached hydrogen (secondary N) is 1. The van der Waals surface area contributed by atoms with Gasteiger partial charge >= 0.3 is 5.97 Å². The predicted molar refractivity (Wildman–Crippen MR) is 102 cm³/mol. The molecule has 6 heteroatoms. The maximum absolute atomic E-state index is 12.6. The van der Waals surface area contributed by atoms with Crippen LogP contribution in [-0.2, 0) is 17.6 Å². The molecule has 0 radical (unpaired) electrons. The first-order valence-electron chi connectivity index (χ1n) is 8.56. The molecule has 0 spiro atoms. The minimum Gasteiger partial charge on any atom is -0.465 e. The summed E-state index contributed by atoms with van der Waals surface area (Å²) >= 11 is 1.34. The van der Waals surface area contributed by atoms with Gasteiger partial charge in [0.15, 0.2) is 5.13 Å². The number of hydrogen-bond donors (Lipinski definition) is 1. The molecule has 26 heavy (non-hydrogen) atoms. The number of amides is 1. The van der Waals surface area contributed by atoms with Crippen LogP contribution in [0, 0.1) is 0 Å². The van der Waals surface area contributed by atoms with Crippen molar-refractivity contribution in [2.45, 2.75) is 25.7 Å². The van der Waals surface area contributed by atoms with Crippen LogP contribution in [0.25, 0.3) is 10.2 Å². The molecule has 0 fully saturated rings. The lowest BCUT2D eigenvalue weighted by atomic mass is 9.90. The van der Waals surface area contributed by atoms with Crippen LogP contribution in [-0.4, -0.2) is 24.0 Å². The van der Waals surface area contributed by atoms with Crippen molar-refractivity contribution in [3.63, 3.8) is 0 Å². The van der Waals surface area contributed by atoms with Crippen molar-refractivity contribution in [1.29, 1.82) is 0 Å². The van der Waals surface area contributed by atoms with Gasteiger partial charge in [-0.1, -0.05) is 17.4 Å². The molecule has 1 aliphatic carbocycles. The third-order valence-electron chi connectivity index (χ3n) is 4.64. The molecule has 0 aliphatic heterocycles. The molecule has 0 atom stereocenters. The van der Waals surface area contributed by atoms with E-state index in [1.807, 2.05) is 12.1 Å². The summed E-state index contributed by atoms with van der Waals surface area (Å²) in [6.45, 7) is 0. The highest BCUT2D eigenvalue weighted by atomic mass is 32.1. The average Bonchev–Trinajstić information content (AvgIpc) is 3.08. The molecule has 0 bridgehead atoms. The largest absolute Gasteiger partial charge is 0.465 e. The summed E-state index contributed by atoms with van der Waals surface area (Å²) in [5, 5.41) is 3.39. The molecule has 2 aromatic carbocycles. The Bertz CT molecular complexity index is 1010. The summed E-state index contributed by atoms with van der Waals surface area (Å²) in [7, 11) is 1.35. The third kappa shape index (κ3) is 3.20. The van der Waals surface area contributed by atoms with Crippen LogP contribution in [0.5, 0.6) is 0 Å². The van der Waals surface area contributed by atoms with E-state index in [2.05, 4.69) is 16.4 Å². The fourth-order valence-electron chi connectivity index (χ4n) is 3.27. The molecule has 1 heterocycles. The van der Waals surface area contributed by atoms with Crippen LogP contribution in [0.3, 0.4) is 0 Å². The lowest BCUT2D eigenvalue weighted by Gasteiger charge is -2.16. The summed E-state index contributed by atoms with van der Waals surface area (Å²) in [5.74, 6) is -0.550. The highest BCUT2D eigenvalue weighted by molar-refractivity contribution is 7.22. The Kier molecular flexibility index (Phi) is 4.42. The Hall–Kier alpha value is -2.73. The lowest BCUT2D eigenvalue weighted by molar-refractivity contribution is 0.0601. The number of anilines is 1. The molecule has 1 aromatic heterocycles. The summed E-state index contributed by atoms with van der Waals surface area (Å²) in [5.41, 5.74) is 4.49. The van der Waals surface area contributed by atoms with Gasteiger partial charge in [-0.15, -0.1) is 0 Å². The van der Waals surface area contributed by atoms with Crippen molar-refractivity contribution in [2.24, 2.45) is 0 Å². The summed E-state index contributed by atoms with van der Waals surface area (Å²) in [6, 6.07) is 11.1. The van der Waals surface area contributed by atoms with Gasteiger partial charge in [-0.05, 0) is 67.1 Å². The number of esters is 1. The summed E-state index contributed by atoms with van der Waals surface area (Å²) in [6.07, 6.45) is 4.53. The van der Waals surface area contributed by atoms with E-state index < -0.39 is 0 Å². The Morgan fingerprint density at radius 3 is 2.62 bits per heavy atom. The highest BCUT2D eigenvalue weighted by Gasteiger charge is 2.15. The Morgan fingerprint density at radius 1 is 1.04 bits per heavy atom. The molecule has 0 saturated carbocycles. The third-order valence-corrected chi connectivity index (χ3v) is 5.57. The Labute approximate surface area is 155 Å². The highest BCUT2D eigenvalue weighted by Crippen LogP contribution is 2.28.